The number of likely N-dealkylation sites (N-methyl/N-ethyl adjacent to an activating group) is 2. The van der Waals surface area contributed by atoms with E-state index in [0.29, 0.717) is 6.04 Å². The average molecular weight is 284 g/mol. The van der Waals surface area contributed by atoms with Crippen LogP contribution >= 0.6 is 11.3 Å². The van der Waals surface area contributed by atoms with E-state index in [1.807, 2.05) is 11.3 Å². The SMILES string of the molecule is CCNCc1sc(N(CC)C(C)CN(C)C)nc1C. The lowest BCUT2D eigenvalue weighted by Crippen LogP contribution is -2.40. The van der Waals surface area contributed by atoms with E-state index in [9.17, 15) is 0 Å². The molecule has 1 unspecified atom stereocenters. The summed E-state index contributed by atoms with van der Waals surface area (Å²) in [5, 5.41) is 4.54. The largest absolute Gasteiger partial charge is 0.344 e. The van der Waals surface area contributed by atoms with Crippen molar-refractivity contribution in [2.75, 3.05) is 38.6 Å². The van der Waals surface area contributed by atoms with Crippen molar-refractivity contribution in [1.29, 1.82) is 0 Å². The number of aryl methyl sites for hydroxylation is 1. The highest BCUT2D eigenvalue weighted by atomic mass is 32.1. The molecule has 0 spiro atoms. The summed E-state index contributed by atoms with van der Waals surface area (Å²) < 4.78 is 0. The highest BCUT2D eigenvalue weighted by Crippen LogP contribution is 2.27. The van der Waals surface area contributed by atoms with Crippen molar-refractivity contribution in [3.05, 3.63) is 10.6 Å². The van der Waals surface area contributed by atoms with Gasteiger partial charge in [0.05, 0.1) is 5.69 Å². The smallest absolute Gasteiger partial charge is 0.186 e. The van der Waals surface area contributed by atoms with Crippen LogP contribution in [0.5, 0.6) is 0 Å². The minimum absolute atomic E-state index is 0.484. The van der Waals surface area contributed by atoms with E-state index < -0.39 is 0 Å². The van der Waals surface area contributed by atoms with Gasteiger partial charge >= 0.3 is 0 Å². The summed E-state index contributed by atoms with van der Waals surface area (Å²) in [5.74, 6) is 0. The normalized spacial score (nSPS) is 13.0. The maximum absolute atomic E-state index is 4.75. The predicted octanol–water partition coefficient (Wildman–Crippen LogP) is 2.34. The Labute approximate surface area is 121 Å². The first-order valence-corrected chi connectivity index (χ1v) is 7.89. The first kappa shape index (κ1) is 16.4. The number of nitrogens with one attached hydrogen (secondary N) is 1. The molecular formula is C14H28N4S. The molecule has 0 bridgehead atoms. The lowest BCUT2D eigenvalue weighted by Gasteiger charge is -2.29. The summed E-state index contributed by atoms with van der Waals surface area (Å²) in [4.78, 5) is 10.7. The lowest BCUT2D eigenvalue weighted by molar-refractivity contribution is 0.373. The standard InChI is InChI=1S/C14H28N4S/c1-7-15-9-13-12(4)16-14(19-13)18(8-2)11(3)10-17(5)6/h11,15H,7-10H2,1-6H3. The summed E-state index contributed by atoms with van der Waals surface area (Å²) in [6.45, 7) is 12.7. The van der Waals surface area contributed by atoms with Crippen molar-refractivity contribution in [2.45, 2.75) is 40.3 Å². The Balaban J connectivity index is 2.80. The van der Waals surface area contributed by atoms with Crippen LogP contribution in [-0.4, -0.2) is 49.7 Å². The molecule has 1 rings (SSSR count). The molecule has 0 radical (unpaired) electrons. The fraction of sp³-hybridized carbons (Fsp3) is 0.786. The Morgan fingerprint density at radius 3 is 2.53 bits per heavy atom. The third-order valence-corrected chi connectivity index (χ3v) is 4.36. The van der Waals surface area contributed by atoms with Crippen molar-refractivity contribution in [3.63, 3.8) is 0 Å². The number of rotatable bonds is 8. The molecule has 0 amide bonds. The van der Waals surface area contributed by atoms with Crippen LogP contribution in [0.3, 0.4) is 0 Å². The second-order valence-corrected chi connectivity index (χ2v) is 6.24. The number of anilines is 1. The first-order chi connectivity index (χ1) is 8.99. The molecule has 0 saturated carbocycles. The van der Waals surface area contributed by atoms with Crippen molar-refractivity contribution in [1.82, 2.24) is 15.2 Å². The number of hydrogen-bond acceptors (Lipinski definition) is 5. The van der Waals surface area contributed by atoms with E-state index in [-0.39, 0.29) is 0 Å². The van der Waals surface area contributed by atoms with E-state index in [0.717, 1.165) is 37.0 Å². The van der Waals surface area contributed by atoms with E-state index >= 15 is 0 Å². The summed E-state index contributed by atoms with van der Waals surface area (Å²) in [7, 11) is 4.24. The van der Waals surface area contributed by atoms with Crippen LogP contribution in [0.15, 0.2) is 0 Å². The summed E-state index contributed by atoms with van der Waals surface area (Å²) in [6.07, 6.45) is 0. The second-order valence-electron chi connectivity index (χ2n) is 5.18. The molecule has 1 aromatic heterocycles. The van der Waals surface area contributed by atoms with Gasteiger partial charge < -0.3 is 15.1 Å². The van der Waals surface area contributed by atoms with Crippen LogP contribution < -0.4 is 10.2 Å². The van der Waals surface area contributed by atoms with Gasteiger partial charge in [-0.25, -0.2) is 4.98 Å². The Morgan fingerprint density at radius 2 is 2.00 bits per heavy atom. The fourth-order valence-electron chi connectivity index (χ4n) is 2.20. The maximum atomic E-state index is 4.75. The predicted molar refractivity (Wildman–Crippen MR) is 85.3 cm³/mol. The third-order valence-electron chi connectivity index (χ3n) is 3.16. The van der Waals surface area contributed by atoms with Gasteiger partial charge in [-0.1, -0.05) is 6.92 Å². The Kier molecular flexibility index (Phi) is 6.75. The van der Waals surface area contributed by atoms with Gasteiger partial charge in [0.2, 0.25) is 0 Å². The molecule has 0 fully saturated rings. The van der Waals surface area contributed by atoms with E-state index in [2.05, 4.69) is 56.9 Å². The van der Waals surface area contributed by atoms with E-state index in [1.54, 1.807) is 0 Å². The minimum atomic E-state index is 0.484. The monoisotopic (exact) mass is 284 g/mol. The molecule has 0 aliphatic carbocycles. The Hall–Kier alpha value is -0.650. The fourth-order valence-corrected chi connectivity index (χ4v) is 3.40. The molecule has 0 aliphatic heterocycles. The number of thiazole rings is 1. The summed E-state index contributed by atoms with van der Waals surface area (Å²) >= 11 is 1.82. The molecule has 1 heterocycles. The molecule has 1 atom stereocenters. The van der Waals surface area contributed by atoms with Crippen LogP contribution in [0.2, 0.25) is 0 Å². The highest BCUT2D eigenvalue weighted by molar-refractivity contribution is 7.15. The molecule has 1 aromatic rings. The second kappa shape index (κ2) is 7.82. The van der Waals surface area contributed by atoms with E-state index in [1.165, 1.54) is 4.88 Å². The average Bonchev–Trinajstić information content (AvgIpc) is 2.68. The van der Waals surface area contributed by atoms with Crippen molar-refractivity contribution in [2.24, 2.45) is 0 Å². The molecule has 110 valence electrons. The van der Waals surface area contributed by atoms with Crippen LogP contribution in [-0.2, 0) is 6.54 Å². The zero-order valence-electron chi connectivity index (χ0n) is 13.2. The Bertz CT molecular complexity index is 376. The first-order valence-electron chi connectivity index (χ1n) is 7.07. The minimum Gasteiger partial charge on any atom is -0.344 e. The molecule has 19 heavy (non-hydrogen) atoms. The lowest BCUT2D eigenvalue weighted by atomic mass is 10.3. The summed E-state index contributed by atoms with van der Waals surface area (Å²) in [6, 6.07) is 0.484. The van der Waals surface area contributed by atoms with Gasteiger partial charge in [0.1, 0.15) is 0 Å². The highest BCUT2D eigenvalue weighted by Gasteiger charge is 2.18. The molecule has 0 aliphatic rings. The molecule has 4 nitrogen and oxygen atoms in total. The van der Waals surface area contributed by atoms with Gasteiger partial charge in [-0.3, -0.25) is 0 Å². The zero-order chi connectivity index (χ0) is 14.4. The molecule has 1 N–H and O–H groups in total. The van der Waals surface area contributed by atoms with Crippen LogP contribution in [0.4, 0.5) is 5.13 Å². The number of hydrogen-bond donors (Lipinski definition) is 1. The number of nitrogens with zero attached hydrogens (tertiary/aromatic N) is 3. The van der Waals surface area contributed by atoms with Gasteiger partial charge in [0.25, 0.3) is 0 Å². The topological polar surface area (TPSA) is 31.4 Å². The number of aromatic nitrogens is 1. The van der Waals surface area contributed by atoms with Gasteiger partial charge in [0, 0.05) is 30.6 Å². The van der Waals surface area contributed by atoms with Crippen molar-refractivity contribution in [3.8, 4) is 0 Å². The van der Waals surface area contributed by atoms with Crippen LogP contribution in [0, 0.1) is 6.92 Å². The van der Waals surface area contributed by atoms with Crippen LogP contribution in [0.1, 0.15) is 31.3 Å². The van der Waals surface area contributed by atoms with Gasteiger partial charge in [-0.15, -0.1) is 11.3 Å². The van der Waals surface area contributed by atoms with Crippen molar-refractivity contribution < 1.29 is 0 Å². The van der Waals surface area contributed by atoms with Crippen molar-refractivity contribution >= 4 is 16.5 Å². The van der Waals surface area contributed by atoms with Crippen LogP contribution in [0.25, 0.3) is 0 Å². The molecule has 0 saturated heterocycles. The maximum Gasteiger partial charge on any atom is 0.186 e. The Morgan fingerprint density at radius 1 is 1.32 bits per heavy atom. The summed E-state index contributed by atoms with van der Waals surface area (Å²) in [5.41, 5.74) is 1.16. The van der Waals surface area contributed by atoms with E-state index in [4.69, 9.17) is 4.98 Å². The van der Waals surface area contributed by atoms with Gasteiger partial charge in [-0.2, -0.15) is 0 Å². The quantitative estimate of drug-likeness (QED) is 0.794. The molecule has 5 heteroatoms. The third kappa shape index (κ3) is 4.75. The molecule has 0 aromatic carbocycles. The molecular weight excluding hydrogens is 256 g/mol. The van der Waals surface area contributed by atoms with Gasteiger partial charge in [0.15, 0.2) is 5.13 Å². The van der Waals surface area contributed by atoms with Gasteiger partial charge in [-0.05, 0) is 41.4 Å². The zero-order valence-corrected chi connectivity index (χ0v) is 14.0.